The van der Waals surface area contributed by atoms with Gasteiger partial charge >= 0.3 is 0 Å². The SMILES string of the molecule is NC(=O)[C@H](Cc1ccc(N([O-])O)cc1)c1ccccc1. The summed E-state index contributed by atoms with van der Waals surface area (Å²) in [6, 6.07) is 15.7. The van der Waals surface area contributed by atoms with Crippen LogP contribution in [0.3, 0.4) is 0 Å². The van der Waals surface area contributed by atoms with Gasteiger partial charge in [-0.3, -0.25) is 10.0 Å². The van der Waals surface area contributed by atoms with Crippen molar-refractivity contribution in [1.29, 1.82) is 0 Å². The molecule has 0 saturated heterocycles. The quantitative estimate of drug-likeness (QED) is 0.816. The van der Waals surface area contributed by atoms with E-state index < -0.39 is 11.8 Å². The van der Waals surface area contributed by atoms with Crippen molar-refractivity contribution in [3.8, 4) is 0 Å². The van der Waals surface area contributed by atoms with Gasteiger partial charge in [0, 0.05) is 0 Å². The predicted molar refractivity (Wildman–Crippen MR) is 76.2 cm³/mol. The van der Waals surface area contributed by atoms with Crippen LogP contribution in [0.25, 0.3) is 0 Å². The fourth-order valence-electron chi connectivity index (χ4n) is 2.06. The Kier molecular flexibility index (Phi) is 4.34. The molecule has 3 N–H and O–H groups in total. The number of nitrogens with two attached hydrogens (primary N) is 1. The van der Waals surface area contributed by atoms with Crippen molar-refractivity contribution in [3.63, 3.8) is 0 Å². The first-order valence-electron chi connectivity index (χ1n) is 6.17. The summed E-state index contributed by atoms with van der Waals surface area (Å²) in [5.74, 6) is -0.813. The highest BCUT2D eigenvalue weighted by Gasteiger charge is 2.18. The van der Waals surface area contributed by atoms with Crippen LogP contribution in [0.2, 0.25) is 0 Å². The molecular formula is C15H15N2O3-. The van der Waals surface area contributed by atoms with E-state index >= 15 is 0 Å². The van der Waals surface area contributed by atoms with Gasteiger partial charge in [0.25, 0.3) is 0 Å². The number of carbonyl (C=O) groups is 1. The first kappa shape index (κ1) is 14.0. The van der Waals surface area contributed by atoms with Crippen LogP contribution in [0.5, 0.6) is 0 Å². The number of hydrogen-bond donors (Lipinski definition) is 2. The number of nitrogens with zero attached hydrogens (tertiary/aromatic N) is 1. The predicted octanol–water partition coefficient (Wildman–Crippen LogP) is 2.19. The van der Waals surface area contributed by atoms with E-state index in [-0.39, 0.29) is 10.9 Å². The number of carbonyl (C=O) groups excluding carboxylic acids is 1. The highest BCUT2D eigenvalue weighted by atomic mass is 16.8. The molecule has 2 aromatic rings. The van der Waals surface area contributed by atoms with Gasteiger partial charge in [0.1, 0.15) is 0 Å². The molecule has 0 spiro atoms. The molecule has 0 fully saturated rings. The first-order valence-corrected chi connectivity index (χ1v) is 6.17. The maximum Gasteiger partial charge on any atom is 0.225 e. The van der Waals surface area contributed by atoms with Gasteiger partial charge in [-0.2, -0.15) is 0 Å². The zero-order valence-corrected chi connectivity index (χ0v) is 10.8. The van der Waals surface area contributed by atoms with Crippen LogP contribution in [0.15, 0.2) is 54.6 Å². The number of benzene rings is 2. The Hall–Kier alpha value is -2.37. The summed E-state index contributed by atoms with van der Waals surface area (Å²) in [5.41, 5.74) is 7.32. The number of amides is 1. The molecule has 1 amide bonds. The summed E-state index contributed by atoms with van der Waals surface area (Å²) in [6.45, 7) is 0. The van der Waals surface area contributed by atoms with E-state index in [0.717, 1.165) is 11.1 Å². The van der Waals surface area contributed by atoms with Crippen molar-refractivity contribution < 1.29 is 10.0 Å². The minimum atomic E-state index is -0.417. The third-order valence-corrected chi connectivity index (χ3v) is 3.14. The third kappa shape index (κ3) is 3.34. The Balaban J connectivity index is 2.19. The fourth-order valence-corrected chi connectivity index (χ4v) is 2.06. The molecule has 5 heteroatoms. The minimum absolute atomic E-state index is 0.143. The number of hydrogen-bond acceptors (Lipinski definition) is 4. The lowest BCUT2D eigenvalue weighted by molar-refractivity contribution is -0.119. The van der Waals surface area contributed by atoms with Crippen molar-refractivity contribution in [2.24, 2.45) is 5.73 Å². The van der Waals surface area contributed by atoms with Gasteiger partial charge in [0.2, 0.25) is 5.91 Å². The molecule has 0 aliphatic carbocycles. The molecule has 1 atom stereocenters. The summed E-state index contributed by atoms with van der Waals surface area (Å²) in [4.78, 5) is 11.6. The molecule has 2 aromatic carbocycles. The average Bonchev–Trinajstić information content (AvgIpc) is 2.46. The second-order valence-corrected chi connectivity index (χ2v) is 4.51. The average molecular weight is 271 g/mol. The molecule has 0 aliphatic rings. The number of anilines is 1. The molecule has 0 heterocycles. The number of primary amides is 1. The summed E-state index contributed by atoms with van der Waals surface area (Å²) in [5, 5.41) is 19.3. The van der Waals surface area contributed by atoms with E-state index in [2.05, 4.69) is 0 Å². The molecule has 2 rings (SSSR count). The van der Waals surface area contributed by atoms with Gasteiger partial charge in [-0.15, -0.1) is 0 Å². The molecule has 0 aliphatic heterocycles. The third-order valence-electron chi connectivity index (χ3n) is 3.14. The molecule has 0 bridgehead atoms. The van der Waals surface area contributed by atoms with E-state index in [0.29, 0.717) is 6.42 Å². The lowest BCUT2D eigenvalue weighted by atomic mass is 9.91. The topological polar surface area (TPSA) is 89.6 Å². The summed E-state index contributed by atoms with van der Waals surface area (Å²) >= 11 is 0. The highest BCUT2D eigenvalue weighted by molar-refractivity contribution is 5.82. The molecule has 20 heavy (non-hydrogen) atoms. The lowest BCUT2D eigenvalue weighted by Gasteiger charge is -2.22. The van der Waals surface area contributed by atoms with Gasteiger partial charge in [0.05, 0.1) is 11.6 Å². The number of rotatable bonds is 5. The van der Waals surface area contributed by atoms with Crippen molar-refractivity contribution in [2.45, 2.75) is 12.3 Å². The van der Waals surface area contributed by atoms with Gasteiger partial charge < -0.3 is 16.2 Å². The Labute approximate surface area is 116 Å². The normalized spacial score (nSPS) is 11.9. The van der Waals surface area contributed by atoms with Crippen molar-refractivity contribution in [3.05, 3.63) is 70.9 Å². The summed E-state index contributed by atoms with van der Waals surface area (Å²) in [7, 11) is 0. The van der Waals surface area contributed by atoms with Gasteiger partial charge in [0.15, 0.2) is 0 Å². The van der Waals surface area contributed by atoms with Crippen LogP contribution in [0, 0.1) is 5.21 Å². The Bertz CT molecular complexity index is 567. The van der Waals surface area contributed by atoms with Crippen molar-refractivity contribution in [1.82, 2.24) is 0 Å². The molecule has 104 valence electrons. The monoisotopic (exact) mass is 271 g/mol. The standard InChI is InChI=1S/C15H15N2O3/c16-15(18)14(12-4-2-1-3-5-12)10-11-6-8-13(9-7-11)17(19)20/h1-9,14,19H,10H2,(H2,16,18)/q-1/t14-/m1/s1. The van der Waals surface area contributed by atoms with Crippen molar-refractivity contribution >= 4 is 11.6 Å². The molecular weight excluding hydrogens is 256 g/mol. The van der Waals surface area contributed by atoms with E-state index in [1.54, 1.807) is 12.1 Å². The van der Waals surface area contributed by atoms with Crippen LogP contribution in [0.1, 0.15) is 17.0 Å². The van der Waals surface area contributed by atoms with Crippen LogP contribution in [0.4, 0.5) is 5.69 Å². The zero-order chi connectivity index (χ0) is 14.5. The van der Waals surface area contributed by atoms with Gasteiger partial charge in [-0.25, -0.2) is 0 Å². The Morgan fingerprint density at radius 2 is 1.75 bits per heavy atom. The Morgan fingerprint density at radius 1 is 1.15 bits per heavy atom. The fraction of sp³-hybridized carbons (Fsp3) is 0.133. The molecule has 0 radical (unpaired) electrons. The zero-order valence-electron chi connectivity index (χ0n) is 10.8. The van der Waals surface area contributed by atoms with E-state index in [4.69, 9.17) is 10.9 Å². The lowest BCUT2D eigenvalue weighted by Crippen LogP contribution is -2.23. The van der Waals surface area contributed by atoms with Crippen LogP contribution in [-0.2, 0) is 11.2 Å². The molecule has 0 saturated carbocycles. The molecule has 5 nitrogen and oxygen atoms in total. The molecule has 0 unspecified atom stereocenters. The summed E-state index contributed by atoms with van der Waals surface area (Å²) in [6.07, 6.45) is 0.448. The smallest absolute Gasteiger partial charge is 0.225 e. The largest absolute Gasteiger partial charge is 0.733 e. The van der Waals surface area contributed by atoms with Crippen LogP contribution >= 0.6 is 0 Å². The highest BCUT2D eigenvalue weighted by Crippen LogP contribution is 2.22. The second kappa shape index (κ2) is 6.18. The minimum Gasteiger partial charge on any atom is -0.733 e. The van der Waals surface area contributed by atoms with Crippen molar-refractivity contribution in [2.75, 3.05) is 5.23 Å². The van der Waals surface area contributed by atoms with Gasteiger partial charge in [-0.05, 0) is 29.7 Å². The maximum atomic E-state index is 11.6. The van der Waals surface area contributed by atoms with E-state index in [1.165, 1.54) is 12.1 Å². The second-order valence-electron chi connectivity index (χ2n) is 4.51. The maximum absolute atomic E-state index is 11.6. The van der Waals surface area contributed by atoms with E-state index in [1.807, 2.05) is 30.3 Å². The van der Waals surface area contributed by atoms with Crippen LogP contribution in [-0.4, -0.2) is 11.1 Å². The summed E-state index contributed by atoms with van der Waals surface area (Å²) < 4.78 is 0. The van der Waals surface area contributed by atoms with Gasteiger partial charge in [-0.1, -0.05) is 42.5 Å². The first-order chi connectivity index (χ1) is 9.58. The Morgan fingerprint density at radius 3 is 2.25 bits per heavy atom. The van der Waals surface area contributed by atoms with E-state index in [9.17, 15) is 10.0 Å². The molecule has 0 aromatic heterocycles. The van der Waals surface area contributed by atoms with Crippen LogP contribution < -0.4 is 11.0 Å².